The molecule has 20 heavy (non-hydrogen) atoms. The number of rotatable bonds is 4. The third-order valence-corrected chi connectivity index (χ3v) is 3.90. The number of hydrogen-bond acceptors (Lipinski definition) is 4. The molecule has 2 rings (SSSR count). The smallest absolute Gasteiger partial charge is 0.422 e. The lowest BCUT2D eigenvalue weighted by molar-refractivity contribution is -0.0983. The minimum atomic E-state index is -1.19. The maximum absolute atomic E-state index is 10.3. The minimum absolute atomic E-state index is 0.459. The average Bonchev–Trinajstić information content (AvgIpc) is 2.66. The fraction of sp³-hybridized carbons (Fsp3) is 0.500. The first-order chi connectivity index (χ1) is 9.13. The lowest BCUT2D eigenvalue weighted by Gasteiger charge is -2.38. The van der Waals surface area contributed by atoms with E-state index in [-0.39, 0.29) is 0 Å². The molecule has 0 aliphatic rings. The van der Waals surface area contributed by atoms with E-state index < -0.39 is 18.3 Å². The van der Waals surface area contributed by atoms with E-state index in [1.807, 2.05) is 31.3 Å². The van der Waals surface area contributed by atoms with Crippen LogP contribution in [0.3, 0.4) is 0 Å². The van der Waals surface area contributed by atoms with Crippen LogP contribution in [0.15, 0.2) is 24.3 Å². The molecule has 0 spiro atoms. The van der Waals surface area contributed by atoms with Crippen molar-refractivity contribution < 1.29 is 14.8 Å². The second-order valence-corrected chi connectivity index (χ2v) is 6.07. The number of aromatic nitrogens is 2. The van der Waals surface area contributed by atoms with Crippen LogP contribution in [0.1, 0.15) is 27.7 Å². The largest absolute Gasteiger partial charge is 0.513 e. The highest BCUT2D eigenvalue weighted by atomic mass is 16.5. The molecule has 0 atom stereocenters. The first-order valence-corrected chi connectivity index (χ1v) is 6.63. The van der Waals surface area contributed by atoms with Crippen LogP contribution in [0.5, 0.6) is 0 Å². The fourth-order valence-corrected chi connectivity index (χ4v) is 1.90. The van der Waals surface area contributed by atoms with E-state index in [0.717, 1.165) is 10.9 Å². The van der Waals surface area contributed by atoms with Crippen molar-refractivity contribution in [2.75, 3.05) is 0 Å². The number of para-hydroxylation sites is 1. The molecule has 1 aromatic heterocycles. The Hall–Kier alpha value is -1.37. The Morgan fingerprint density at radius 3 is 2.40 bits per heavy atom. The molecule has 0 saturated carbocycles. The average molecular weight is 276 g/mol. The Kier molecular flexibility index (Phi) is 3.66. The van der Waals surface area contributed by atoms with Crippen LogP contribution in [0.25, 0.3) is 10.9 Å². The van der Waals surface area contributed by atoms with Crippen LogP contribution in [0, 0.1) is 0 Å². The number of aryl methyl sites for hydroxylation is 1. The minimum Gasteiger partial charge on any atom is -0.422 e. The van der Waals surface area contributed by atoms with E-state index in [1.54, 1.807) is 32.4 Å². The van der Waals surface area contributed by atoms with Gasteiger partial charge in [-0.3, -0.25) is 4.68 Å². The number of benzene rings is 1. The van der Waals surface area contributed by atoms with Gasteiger partial charge < -0.3 is 14.8 Å². The monoisotopic (exact) mass is 276 g/mol. The number of aliphatic hydroxyl groups is 1. The normalized spacial score (nSPS) is 12.9. The molecule has 2 aromatic rings. The van der Waals surface area contributed by atoms with E-state index >= 15 is 0 Å². The van der Waals surface area contributed by atoms with Gasteiger partial charge in [0.1, 0.15) is 5.59 Å². The maximum Gasteiger partial charge on any atom is 0.513 e. The summed E-state index contributed by atoms with van der Waals surface area (Å²) in [6.07, 6.45) is 0. The van der Waals surface area contributed by atoms with Gasteiger partial charge in [-0.05, 0) is 33.8 Å². The topological polar surface area (TPSA) is 67.5 Å². The van der Waals surface area contributed by atoms with E-state index in [2.05, 4.69) is 5.10 Å². The second kappa shape index (κ2) is 4.88. The Morgan fingerprint density at radius 1 is 1.20 bits per heavy atom. The van der Waals surface area contributed by atoms with Gasteiger partial charge in [-0.25, -0.2) is 0 Å². The fourth-order valence-electron chi connectivity index (χ4n) is 1.90. The number of fused-ring (bicyclic) bond motifs is 1. The van der Waals surface area contributed by atoms with Crippen LogP contribution in [0.4, 0.5) is 0 Å². The zero-order valence-electron chi connectivity index (χ0n) is 12.6. The first kappa shape index (κ1) is 15.0. The molecule has 6 heteroatoms. The van der Waals surface area contributed by atoms with Gasteiger partial charge in [0.2, 0.25) is 0 Å². The van der Waals surface area contributed by atoms with Crippen LogP contribution in [0.2, 0.25) is 0 Å². The predicted molar refractivity (Wildman–Crippen MR) is 79.8 cm³/mol. The summed E-state index contributed by atoms with van der Waals surface area (Å²) >= 11 is 0. The van der Waals surface area contributed by atoms with Gasteiger partial charge in [0.15, 0.2) is 0 Å². The van der Waals surface area contributed by atoms with Crippen LogP contribution in [-0.4, -0.2) is 38.2 Å². The Balaban J connectivity index is 2.35. The Morgan fingerprint density at radius 2 is 1.80 bits per heavy atom. The highest BCUT2D eigenvalue weighted by Gasteiger charge is 2.40. The molecule has 0 unspecified atom stereocenters. The van der Waals surface area contributed by atoms with Gasteiger partial charge in [0.25, 0.3) is 0 Å². The van der Waals surface area contributed by atoms with E-state index in [4.69, 9.17) is 4.65 Å². The van der Waals surface area contributed by atoms with E-state index in [0.29, 0.717) is 5.59 Å². The van der Waals surface area contributed by atoms with Gasteiger partial charge in [-0.15, -0.1) is 0 Å². The lowest BCUT2D eigenvalue weighted by Crippen LogP contribution is -2.53. The standard InChI is InChI=1S/C14H21BN2O3/c1-13(2,18)14(3,4)20-15(19)12-10-8-6-7-9-11(10)17(5)16-12/h6-9,18-19H,1-5H3. The zero-order chi connectivity index (χ0) is 15.1. The van der Waals surface area contributed by atoms with Gasteiger partial charge in [0.05, 0.1) is 16.7 Å². The summed E-state index contributed by atoms with van der Waals surface area (Å²) < 4.78 is 7.34. The Bertz CT molecular complexity index is 616. The summed E-state index contributed by atoms with van der Waals surface area (Å²) in [6.45, 7) is 6.77. The molecule has 2 N–H and O–H groups in total. The zero-order valence-corrected chi connectivity index (χ0v) is 12.6. The molecule has 0 aliphatic carbocycles. The van der Waals surface area contributed by atoms with Crippen molar-refractivity contribution in [3.63, 3.8) is 0 Å². The molecule has 0 saturated heterocycles. The van der Waals surface area contributed by atoms with E-state index in [9.17, 15) is 10.1 Å². The predicted octanol–water partition coefficient (Wildman–Crippen LogP) is 0.827. The molecule has 0 aliphatic heterocycles. The van der Waals surface area contributed by atoms with Crippen molar-refractivity contribution in [2.45, 2.75) is 38.9 Å². The summed E-state index contributed by atoms with van der Waals surface area (Å²) in [7, 11) is 0.627. The molecule has 0 bridgehead atoms. The summed E-state index contributed by atoms with van der Waals surface area (Å²) in [6, 6.07) is 7.63. The van der Waals surface area contributed by atoms with Crippen molar-refractivity contribution in [1.82, 2.24) is 9.78 Å². The van der Waals surface area contributed by atoms with Crippen molar-refractivity contribution in [1.29, 1.82) is 0 Å². The molecule has 0 radical (unpaired) electrons. The molecule has 0 fully saturated rings. The van der Waals surface area contributed by atoms with Gasteiger partial charge in [-0.1, -0.05) is 18.2 Å². The quantitative estimate of drug-likeness (QED) is 0.812. The van der Waals surface area contributed by atoms with E-state index in [1.165, 1.54) is 0 Å². The second-order valence-electron chi connectivity index (χ2n) is 6.07. The number of hydrogen-bond donors (Lipinski definition) is 2. The van der Waals surface area contributed by atoms with Crippen molar-refractivity contribution in [2.24, 2.45) is 7.05 Å². The summed E-state index contributed by atoms with van der Waals surface area (Å²) in [5.41, 5.74) is -0.615. The molecular formula is C14H21BN2O3. The molecule has 1 aromatic carbocycles. The van der Waals surface area contributed by atoms with Gasteiger partial charge >= 0.3 is 7.12 Å². The van der Waals surface area contributed by atoms with Crippen molar-refractivity contribution in [3.05, 3.63) is 24.3 Å². The molecule has 5 nitrogen and oxygen atoms in total. The molecule has 108 valence electrons. The SMILES string of the molecule is Cn1nc(B(O)OC(C)(C)C(C)(C)O)c2ccccc21. The highest BCUT2D eigenvalue weighted by Crippen LogP contribution is 2.25. The molecule has 1 heterocycles. The third-order valence-electron chi connectivity index (χ3n) is 3.90. The van der Waals surface area contributed by atoms with Gasteiger partial charge in [0, 0.05) is 12.4 Å². The third kappa shape index (κ3) is 2.59. The van der Waals surface area contributed by atoms with Gasteiger partial charge in [-0.2, -0.15) is 5.10 Å². The summed E-state index contributed by atoms with van der Waals surface area (Å²) in [5.74, 6) is 0. The van der Waals surface area contributed by atoms with Crippen LogP contribution >= 0.6 is 0 Å². The maximum atomic E-state index is 10.3. The highest BCUT2D eigenvalue weighted by molar-refractivity contribution is 6.62. The van der Waals surface area contributed by atoms with Crippen molar-refractivity contribution in [3.8, 4) is 0 Å². The van der Waals surface area contributed by atoms with Crippen LogP contribution in [-0.2, 0) is 11.7 Å². The van der Waals surface area contributed by atoms with Crippen molar-refractivity contribution >= 4 is 23.6 Å². The first-order valence-electron chi connectivity index (χ1n) is 6.63. The lowest BCUT2D eigenvalue weighted by atomic mass is 9.79. The Labute approximate surface area is 119 Å². The molecule has 0 amide bonds. The number of nitrogens with zero attached hydrogens (tertiary/aromatic N) is 2. The van der Waals surface area contributed by atoms with Crippen LogP contribution < -0.4 is 5.59 Å². The molecular weight excluding hydrogens is 255 g/mol. The summed E-state index contributed by atoms with van der Waals surface area (Å²) in [5, 5.41) is 25.6. The summed E-state index contributed by atoms with van der Waals surface area (Å²) in [4.78, 5) is 0.